The summed E-state index contributed by atoms with van der Waals surface area (Å²) in [5, 5.41) is 13.9. The van der Waals surface area contributed by atoms with Crippen LogP contribution in [0.4, 0.5) is 11.4 Å². The highest BCUT2D eigenvalue weighted by Crippen LogP contribution is 2.20. The number of halogens is 1. The Labute approximate surface area is 179 Å². The Morgan fingerprint density at radius 2 is 1.77 bits per heavy atom. The predicted molar refractivity (Wildman–Crippen MR) is 115 cm³/mol. The van der Waals surface area contributed by atoms with E-state index in [9.17, 15) is 9.59 Å². The molecule has 0 unspecified atom stereocenters. The summed E-state index contributed by atoms with van der Waals surface area (Å²) in [5.41, 5.74) is 2.74. The molecule has 0 saturated carbocycles. The molecule has 3 aromatic rings. The molecule has 0 saturated heterocycles. The van der Waals surface area contributed by atoms with Crippen LogP contribution >= 0.6 is 11.6 Å². The number of benzene rings is 2. The fourth-order valence-electron chi connectivity index (χ4n) is 2.72. The van der Waals surface area contributed by atoms with E-state index in [1.54, 1.807) is 43.3 Å². The zero-order valence-electron chi connectivity index (χ0n) is 16.9. The van der Waals surface area contributed by atoms with Gasteiger partial charge in [-0.1, -0.05) is 22.9 Å². The van der Waals surface area contributed by atoms with Gasteiger partial charge in [0.25, 0.3) is 5.91 Å². The number of aryl methyl sites for hydroxylation is 1. The van der Waals surface area contributed by atoms with Crippen molar-refractivity contribution < 1.29 is 14.3 Å². The van der Waals surface area contributed by atoms with Crippen molar-refractivity contribution in [2.75, 3.05) is 17.2 Å². The Balaban J connectivity index is 1.63. The minimum Gasteiger partial charge on any atom is -0.494 e. The maximum atomic E-state index is 12.5. The van der Waals surface area contributed by atoms with Crippen molar-refractivity contribution in [1.82, 2.24) is 15.0 Å². The summed E-state index contributed by atoms with van der Waals surface area (Å²) in [4.78, 5) is 24.9. The van der Waals surface area contributed by atoms with E-state index in [4.69, 9.17) is 16.3 Å². The van der Waals surface area contributed by atoms with Crippen LogP contribution in [0.25, 0.3) is 0 Å². The van der Waals surface area contributed by atoms with Crippen LogP contribution in [0.5, 0.6) is 5.75 Å². The molecule has 2 aromatic carbocycles. The Morgan fingerprint density at radius 3 is 2.43 bits per heavy atom. The number of anilines is 2. The summed E-state index contributed by atoms with van der Waals surface area (Å²) < 4.78 is 6.75. The Morgan fingerprint density at radius 1 is 1.07 bits per heavy atom. The number of hydrogen-bond acceptors (Lipinski definition) is 5. The molecule has 9 heteroatoms. The lowest BCUT2D eigenvalue weighted by molar-refractivity contribution is -0.117. The normalized spacial score (nSPS) is 10.5. The van der Waals surface area contributed by atoms with E-state index in [1.807, 2.05) is 19.9 Å². The lowest BCUT2D eigenvalue weighted by Crippen LogP contribution is -2.21. The van der Waals surface area contributed by atoms with Crippen molar-refractivity contribution in [3.05, 3.63) is 64.4 Å². The summed E-state index contributed by atoms with van der Waals surface area (Å²) in [6, 6.07) is 12.3. The third-order valence-corrected chi connectivity index (χ3v) is 4.78. The molecule has 1 aromatic heterocycles. The van der Waals surface area contributed by atoms with E-state index in [0.29, 0.717) is 28.7 Å². The standard InChI is InChI=1S/C21H22ClN5O3/c1-4-30-17-9-7-15(8-10-17)24-21(29)20-14(3)27(26-25-20)12-19(28)23-16-6-5-13(2)18(22)11-16/h5-11H,4,12H2,1-3H3,(H,23,28)(H,24,29). The molecule has 0 aliphatic heterocycles. The molecule has 1 heterocycles. The molecule has 2 N–H and O–H groups in total. The van der Waals surface area contributed by atoms with Crippen molar-refractivity contribution in [2.24, 2.45) is 0 Å². The summed E-state index contributed by atoms with van der Waals surface area (Å²) in [6.07, 6.45) is 0. The monoisotopic (exact) mass is 427 g/mol. The first-order valence-electron chi connectivity index (χ1n) is 9.37. The van der Waals surface area contributed by atoms with Crippen LogP contribution in [0.15, 0.2) is 42.5 Å². The second-order valence-corrected chi connectivity index (χ2v) is 7.01. The molecule has 0 atom stereocenters. The first kappa shape index (κ1) is 21.3. The lowest BCUT2D eigenvalue weighted by Gasteiger charge is -2.08. The van der Waals surface area contributed by atoms with Gasteiger partial charge in [-0.05, 0) is 62.7 Å². The van der Waals surface area contributed by atoms with Crippen molar-refractivity contribution in [2.45, 2.75) is 27.3 Å². The smallest absolute Gasteiger partial charge is 0.278 e. The van der Waals surface area contributed by atoms with Gasteiger partial charge in [-0.3, -0.25) is 9.59 Å². The molecular formula is C21H22ClN5O3. The maximum absolute atomic E-state index is 12.5. The highest BCUT2D eigenvalue weighted by atomic mass is 35.5. The first-order chi connectivity index (χ1) is 14.4. The zero-order chi connectivity index (χ0) is 21.7. The summed E-state index contributed by atoms with van der Waals surface area (Å²) in [6.45, 7) is 5.95. The Kier molecular flexibility index (Phi) is 6.68. The highest BCUT2D eigenvalue weighted by Gasteiger charge is 2.18. The molecule has 3 rings (SSSR count). The number of rotatable bonds is 7. The van der Waals surface area contributed by atoms with Gasteiger partial charge in [-0.25, -0.2) is 4.68 Å². The van der Waals surface area contributed by atoms with E-state index in [1.165, 1.54) is 4.68 Å². The molecule has 2 amide bonds. The number of nitrogens with one attached hydrogen (secondary N) is 2. The summed E-state index contributed by atoms with van der Waals surface area (Å²) in [5.74, 6) is 0.00789. The van der Waals surface area contributed by atoms with Crippen LogP contribution in [0.2, 0.25) is 5.02 Å². The van der Waals surface area contributed by atoms with E-state index < -0.39 is 5.91 Å². The number of aromatic nitrogens is 3. The van der Waals surface area contributed by atoms with E-state index >= 15 is 0 Å². The van der Waals surface area contributed by atoms with Gasteiger partial charge in [-0.2, -0.15) is 0 Å². The summed E-state index contributed by atoms with van der Waals surface area (Å²) in [7, 11) is 0. The molecule has 0 radical (unpaired) electrons. The molecule has 0 spiro atoms. The van der Waals surface area contributed by atoms with Crippen molar-refractivity contribution in [1.29, 1.82) is 0 Å². The summed E-state index contributed by atoms with van der Waals surface area (Å²) >= 11 is 6.08. The van der Waals surface area contributed by atoms with Gasteiger partial charge in [0, 0.05) is 16.4 Å². The number of ether oxygens (including phenoxy) is 1. The molecule has 0 fully saturated rings. The zero-order valence-corrected chi connectivity index (χ0v) is 17.7. The molecule has 156 valence electrons. The van der Waals surface area contributed by atoms with Crippen LogP contribution in [0.3, 0.4) is 0 Å². The van der Waals surface area contributed by atoms with Crippen molar-refractivity contribution >= 4 is 34.8 Å². The van der Waals surface area contributed by atoms with Gasteiger partial charge in [0.1, 0.15) is 12.3 Å². The first-order valence-corrected chi connectivity index (χ1v) is 9.75. The Hall–Kier alpha value is -3.39. The number of carbonyl (C=O) groups is 2. The van der Waals surface area contributed by atoms with Gasteiger partial charge >= 0.3 is 0 Å². The van der Waals surface area contributed by atoms with Gasteiger partial charge in [0.15, 0.2) is 5.69 Å². The third kappa shape index (κ3) is 5.15. The molecule has 0 bridgehead atoms. The maximum Gasteiger partial charge on any atom is 0.278 e. The quantitative estimate of drug-likeness (QED) is 0.597. The molecule has 30 heavy (non-hydrogen) atoms. The minimum atomic E-state index is -0.409. The van der Waals surface area contributed by atoms with Crippen molar-refractivity contribution in [3.63, 3.8) is 0 Å². The minimum absolute atomic E-state index is 0.0827. The average Bonchev–Trinajstić information content (AvgIpc) is 3.07. The van der Waals surface area contributed by atoms with Crippen LogP contribution in [-0.4, -0.2) is 33.4 Å². The number of carbonyl (C=O) groups excluding carboxylic acids is 2. The number of amides is 2. The fraction of sp³-hybridized carbons (Fsp3) is 0.238. The molecule has 0 aliphatic carbocycles. The highest BCUT2D eigenvalue weighted by molar-refractivity contribution is 6.31. The van der Waals surface area contributed by atoms with Crippen LogP contribution in [0.1, 0.15) is 28.7 Å². The van der Waals surface area contributed by atoms with E-state index in [-0.39, 0.29) is 18.1 Å². The van der Waals surface area contributed by atoms with E-state index in [0.717, 1.165) is 11.3 Å². The second-order valence-electron chi connectivity index (χ2n) is 6.60. The SMILES string of the molecule is CCOc1ccc(NC(=O)c2nnn(CC(=O)Nc3ccc(C)c(Cl)c3)c2C)cc1. The van der Waals surface area contributed by atoms with Crippen LogP contribution in [-0.2, 0) is 11.3 Å². The molecular weight excluding hydrogens is 406 g/mol. The fourth-order valence-corrected chi connectivity index (χ4v) is 2.90. The lowest BCUT2D eigenvalue weighted by atomic mass is 10.2. The number of hydrogen-bond donors (Lipinski definition) is 2. The topological polar surface area (TPSA) is 98.1 Å². The van der Waals surface area contributed by atoms with E-state index in [2.05, 4.69) is 20.9 Å². The number of nitrogens with zero attached hydrogens (tertiary/aromatic N) is 3. The van der Waals surface area contributed by atoms with Crippen LogP contribution < -0.4 is 15.4 Å². The van der Waals surface area contributed by atoms with Crippen LogP contribution in [0, 0.1) is 13.8 Å². The largest absolute Gasteiger partial charge is 0.494 e. The van der Waals surface area contributed by atoms with Gasteiger partial charge < -0.3 is 15.4 Å². The molecule has 0 aliphatic rings. The molecule has 8 nitrogen and oxygen atoms in total. The van der Waals surface area contributed by atoms with Gasteiger partial charge in [0.05, 0.1) is 12.3 Å². The Bertz CT molecular complexity index is 1060. The predicted octanol–water partition coefficient (Wildman–Crippen LogP) is 3.84. The van der Waals surface area contributed by atoms with Gasteiger partial charge in [-0.15, -0.1) is 5.10 Å². The third-order valence-electron chi connectivity index (χ3n) is 4.37. The average molecular weight is 428 g/mol. The van der Waals surface area contributed by atoms with Gasteiger partial charge in [0.2, 0.25) is 5.91 Å². The second kappa shape index (κ2) is 9.41. The van der Waals surface area contributed by atoms with Crippen molar-refractivity contribution in [3.8, 4) is 5.75 Å².